The Kier molecular flexibility index (Phi) is 6.71. The van der Waals surface area contributed by atoms with Crippen molar-refractivity contribution < 1.29 is 9.53 Å². The minimum atomic E-state index is 0.0990. The van der Waals surface area contributed by atoms with Crippen LogP contribution in [0.1, 0.15) is 11.1 Å². The normalized spacial score (nSPS) is 14.8. The molecule has 0 unspecified atom stereocenters. The quantitative estimate of drug-likeness (QED) is 0.817. The van der Waals surface area contributed by atoms with Crippen molar-refractivity contribution >= 4 is 11.6 Å². The second-order valence-corrected chi connectivity index (χ2v) is 7.05. The first-order chi connectivity index (χ1) is 13.1. The van der Waals surface area contributed by atoms with Crippen LogP contribution in [0, 0.1) is 6.92 Å². The van der Waals surface area contributed by atoms with Crippen LogP contribution in [-0.4, -0.2) is 57.2 Å². The third-order valence-corrected chi connectivity index (χ3v) is 4.98. The summed E-state index contributed by atoms with van der Waals surface area (Å²) in [6.07, 6.45) is 0.810. The lowest BCUT2D eigenvalue weighted by Gasteiger charge is -2.35. The van der Waals surface area contributed by atoms with Gasteiger partial charge in [0.05, 0.1) is 13.7 Å². The molecule has 1 N–H and O–H groups in total. The Morgan fingerprint density at radius 3 is 2.59 bits per heavy atom. The smallest absolute Gasteiger partial charge is 0.234 e. The average molecular weight is 367 g/mol. The van der Waals surface area contributed by atoms with Crippen LogP contribution in [-0.2, 0) is 11.2 Å². The molecule has 0 aromatic heterocycles. The predicted molar refractivity (Wildman–Crippen MR) is 110 cm³/mol. The van der Waals surface area contributed by atoms with E-state index < -0.39 is 0 Å². The molecule has 1 saturated heterocycles. The Hall–Kier alpha value is -2.53. The van der Waals surface area contributed by atoms with E-state index in [1.807, 2.05) is 18.2 Å². The van der Waals surface area contributed by atoms with Gasteiger partial charge in [-0.15, -0.1) is 0 Å². The van der Waals surface area contributed by atoms with Crippen LogP contribution in [0.2, 0.25) is 0 Å². The molecule has 0 spiro atoms. The van der Waals surface area contributed by atoms with Crippen LogP contribution in [0.5, 0.6) is 5.75 Å². The number of benzene rings is 2. The number of aryl methyl sites for hydroxylation is 1. The van der Waals surface area contributed by atoms with E-state index in [1.165, 1.54) is 16.8 Å². The summed E-state index contributed by atoms with van der Waals surface area (Å²) in [4.78, 5) is 16.9. The van der Waals surface area contributed by atoms with Gasteiger partial charge in [0, 0.05) is 38.4 Å². The molecule has 2 aromatic rings. The average Bonchev–Trinajstić information content (AvgIpc) is 2.69. The fourth-order valence-corrected chi connectivity index (χ4v) is 3.42. The van der Waals surface area contributed by atoms with Crippen LogP contribution in [0.3, 0.4) is 0 Å². The number of nitrogens with one attached hydrogen (secondary N) is 1. The maximum atomic E-state index is 12.2. The van der Waals surface area contributed by atoms with Crippen molar-refractivity contribution in [2.24, 2.45) is 0 Å². The van der Waals surface area contributed by atoms with Gasteiger partial charge >= 0.3 is 0 Å². The van der Waals surface area contributed by atoms with Crippen molar-refractivity contribution in [2.75, 3.05) is 51.3 Å². The molecule has 2 aromatic carbocycles. The second kappa shape index (κ2) is 9.42. The zero-order valence-corrected chi connectivity index (χ0v) is 16.3. The summed E-state index contributed by atoms with van der Waals surface area (Å²) in [6, 6.07) is 16.6. The molecule has 27 heavy (non-hydrogen) atoms. The monoisotopic (exact) mass is 367 g/mol. The lowest BCUT2D eigenvalue weighted by atomic mass is 10.1. The van der Waals surface area contributed by atoms with Crippen LogP contribution >= 0.6 is 0 Å². The number of rotatable bonds is 7. The SMILES string of the molecule is COc1cccc(CCNC(=O)CN2CCN(c3cccc(C)c3)CC2)c1. The van der Waals surface area contributed by atoms with Crippen molar-refractivity contribution in [3.63, 3.8) is 0 Å². The molecule has 0 bridgehead atoms. The third kappa shape index (κ3) is 5.73. The number of anilines is 1. The molecule has 0 saturated carbocycles. The first-order valence-corrected chi connectivity index (χ1v) is 9.57. The van der Waals surface area contributed by atoms with Gasteiger partial charge in [-0.2, -0.15) is 0 Å². The van der Waals surface area contributed by atoms with Crippen molar-refractivity contribution in [1.82, 2.24) is 10.2 Å². The number of hydrogen-bond acceptors (Lipinski definition) is 4. The summed E-state index contributed by atoms with van der Waals surface area (Å²) in [6.45, 7) is 6.99. The molecule has 5 heteroatoms. The summed E-state index contributed by atoms with van der Waals surface area (Å²) >= 11 is 0. The number of hydrogen-bond donors (Lipinski definition) is 1. The molecule has 1 amide bonds. The maximum absolute atomic E-state index is 12.2. The minimum Gasteiger partial charge on any atom is -0.497 e. The highest BCUT2D eigenvalue weighted by atomic mass is 16.5. The van der Waals surface area contributed by atoms with Crippen LogP contribution < -0.4 is 15.0 Å². The van der Waals surface area contributed by atoms with E-state index in [-0.39, 0.29) is 5.91 Å². The maximum Gasteiger partial charge on any atom is 0.234 e. The van der Waals surface area contributed by atoms with E-state index in [2.05, 4.69) is 52.4 Å². The van der Waals surface area contributed by atoms with Crippen LogP contribution in [0.15, 0.2) is 48.5 Å². The zero-order chi connectivity index (χ0) is 19.1. The standard InChI is InChI=1S/C22H29N3O2/c1-18-5-3-7-20(15-18)25-13-11-24(12-14-25)17-22(26)23-10-9-19-6-4-8-21(16-19)27-2/h3-8,15-16H,9-14,17H2,1-2H3,(H,23,26). The van der Waals surface area contributed by atoms with Gasteiger partial charge in [-0.05, 0) is 48.7 Å². The Balaban J connectivity index is 1.38. The van der Waals surface area contributed by atoms with E-state index in [0.717, 1.165) is 38.3 Å². The van der Waals surface area contributed by atoms with Gasteiger partial charge in [-0.1, -0.05) is 24.3 Å². The van der Waals surface area contributed by atoms with Gasteiger partial charge in [0.2, 0.25) is 5.91 Å². The summed E-state index contributed by atoms with van der Waals surface area (Å²) in [7, 11) is 1.67. The summed E-state index contributed by atoms with van der Waals surface area (Å²) < 4.78 is 5.23. The highest BCUT2D eigenvalue weighted by Gasteiger charge is 2.19. The van der Waals surface area contributed by atoms with Crippen LogP contribution in [0.4, 0.5) is 5.69 Å². The minimum absolute atomic E-state index is 0.0990. The number of carbonyl (C=O) groups is 1. The lowest BCUT2D eigenvalue weighted by molar-refractivity contribution is -0.122. The summed E-state index contributed by atoms with van der Waals surface area (Å²) in [5.74, 6) is 0.951. The fourth-order valence-electron chi connectivity index (χ4n) is 3.42. The topological polar surface area (TPSA) is 44.8 Å². The largest absolute Gasteiger partial charge is 0.497 e. The molecular weight excluding hydrogens is 338 g/mol. The molecule has 0 aliphatic carbocycles. The summed E-state index contributed by atoms with van der Waals surface area (Å²) in [5.41, 5.74) is 3.73. The molecule has 144 valence electrons. The molecule has 0 atom stereocenters. The highest BCUT2D eigenvalue weighted by Crippen LogP contribution is 2.17. The molecule has 1 heterocycles. The van der Waals surface area contributed by atoms with E-state index >= 15 is 0 Å². The van der Waals surface area contributed by atoms with E-state index in [0.29, 0.717) is 13.1 Å². The van der Waals surface area contributed by atoms with Crippen molar-refractivity contribution in [1.29, 1.82) is 0 Å². The number of ether oxygens (including phenoxy) is 1. The molecule has 1 aliphatic rings. The Labute approximate surface area is 161 Å². The number of piperazine rings is 1. The molecule has 0 radical (unpaired) electrons. The van der Waals surface area contributed by atoms with Gasteiger partial charge in [0.15, 0.2) is 0 Å². The third-order valence-electron chi connectivity index (χ3n) is 4.98. The fraction of sp³-hybridized carbons (Fsp3) is 0.409. The van der Waals surface area contributed by atoms with Gasteiger partial charge in [-0.3, -0.25) is 9.69 Å². The first-order valence-electron chi connectivity index (χ1n) is 9.57. The van der Waals surface area contributed by atoms with Crippen molar-refractivity contribution in [3.05, 3.63) is 59.7 Å². The van der Waals surface area contributed by atoms with Gasteiger partial charge in [0.1, 0.15) is 5.75 Å². The Morgan fingerprint density at radius 1 is 1.07 bits per heavy atom. The van der Waals surface area contributed by atoms with E-state index in [4.69, 9.17) is 4.74 Å². The van der Waals surface area contributed by atoms with Gasteiger partial charge < -0.3 is 15.0 Å². The Bertz CT molecular complexity index is 755. The number of methoxy groups -OCH3 is 1. The lowest BCUT2D eigenvalue weighted by Crippen LogP contribution is -2.49. The molecule has 1 fully saturated rings. The molecule has 1 aliphatic heterocycles. The molecule has 5 nitrogen and oxygen atoms in total. The highest BCUT2D eigenvalue weighted by molar-refractivity contribution is 5.78. The zero-order valence-electron chi connectivity index (χ0n) is 16.3. The van der Waals surface area contributed by atoms with Crippen molar-refractivity contribution in [3.8, 4) is 5.75 Å². The number of carbonyl (C=O) groups excluding carboxylic acids is 1. The van der Waals surface area contributed by atoms with Gasteiger partial charge in [0.25, 0.3) is 0 Å². The van der Waals surface area contributed by atoms with Crippen molar-refractivity contribution in [2.45, 2.75) is 13.3 Å². The van der Waals surface area contributed by atoms with Gasteiger partial charge in [-0.25, -0.2) is 0 Å². The van der Waals surface area contributed by atoms with Crippen LogP contribution in [0.25, 0.3) is 0 Å². The summed E-state index contributed by atoms with van der Waals surface area (Å²) in [5, 5.41) is 3.03. The second-order valence-electron chi connectivity index (χ2n) is 7.05. The van der Waals surface area contributed by atoms with E-state index in [1.54, 1.807) is 7.11 Å². The predicted octanol–water partition coefficient (Wildman–Crippen LogP) is 2.48. The molecule has 3 rings (SSSR count). The first kappa shape index (κ1) is 19.2. The molecular formula is C22H29N3O2. The Morgan fingerprint density at radius 2 is 1.85 bits per heavy atom. The number of amides is 1. The number of nitrogens with zero attached hydrogens (tertiary/aromatic N) is 2. The van der Waals surface area contributed by atoms with E-state index in [9.17, 15) is 4.79 Å².